The lowest BCUT2D eigenvalue weighted by Gasteiger charge is -2.06. The van der Waals surface area contributed by atoms with Gasteiger partial charge < -0.3 is 19.4 Å². The molecule has 1 aromatic rings. The minimum absolute atomic E-state index is 0.0742. The smallest absolute Gasteiger partial charge is 0.374 e. The van der Waals surface area contributed by atoms with Gasteiger partial charge in [0.15, 0.2) is 0 Å². The quantitative estimate of drug-likeness (QED) is 0.636. The van der Waals surface area contributed by atoms with Gasteiger partial charge in [0.05, 0.1) is 12.9 Å². The fraction of sp³-hybridized carbons (Fsp3) is 0.375. The van der Waals surface area contributed by atoms with Crippen LogP contribution in [-0.4, -0.2) is 35.5 Å². The molecule has 0 spiro atoms. The van der Waals surface area contributed by atoms with E-state index in [2.05, 4.69) is 4.74 Å². The average Bonchev–Trinajstić information content (AvgIpc) is 2.66. The van der Waals surface area contributed by atoms with Crippen LogP contribution >= 0.6 is 0 Å². The maximum atomic E-state index is 11.0. The number of rotatable bonds is 4. The van der Waals surface area contributed by atoms with Gasteiger partial charge in [-0.3, -0.25) is 0 Å². The number of aliphatic hydroxyl groups excluding tert-OH is 2. The van der Waals surface area contributed by atoms with Crippen LogP contribution in [0.2, 0.25) is 0 Å². The summed E-state index contributed by atoms with van der Waals surface area (Å²) in [5, 5.41) is 17.3. The number of carbonyl (C=O) groups excluding carboxylic acids is 1. The average molecular weight is 186 g/mol. The van der Waals surface area contributed by atoms with Crippen molar-refractivity contribution in [2.75, 3.05) is 13.2 Å². The van der Waals surface area contributed by atoms with E-state index in [-0.39, 0.29) is 12.4 Å². The molecule has 0 aromatic carbocycles. The van der Waals surface area contributed by atoms with Crippen molar-refractivity contribution in [3.05, 3.63) is 24.2 Å². The highest BCUT2D eigenvalue weighted by Gasteiger charge is 2.11. The molecule has 0 saturated heterocycles. The lowest BCUT2D eigenvalue weighted by atomic mass is 10.4. The summed E-state index contributed by atoms with van der Waals surface area (Å²) >= 11 is 0. The van der Waals surface area contributed by atoms with Crippen molar-refractivity contribution in [3.63, 3.8) is 0 Å². The third kappa shape index (κ3) is 2.89. The van der Waals surface area contributed by atoms with Crippen LogP contribution in [0.15, 0.2) is 22.8 Å². The molecule has 72 valence electrons. The molecule has 0 bridgehead atoms. The summed E-state index contributed by atoms with van der Waals surface area (Å²) in [6.07, 6.45) is 0.304. The van der Waals surface area contributed by atoms with Crippen molar-refractivity contribution in [1.29, 1.82) is 0 Å². The summed E-state index contributed by atoms with van der Waals surface area (Å²) in [5.74, 6) is -0.581. The molecule has 0 aliphatic rings. The third-order valence-electron chi connectivity index (χ3n) is 1.34. The van der Waals surface area contributed by atoms with Crippen LogP contribution in [0, 0.1) is 0 Å². The maximum Gasteiger partial charge on any atom is 0.374 e. The van der Waals surface area contributed by atoms with E-state index >= 15 is 0 Å². The van der Waals surface area contributed by atoms with E-state index in [0.29, 0.717) is 0 Å². The SMILES string of the molecule is O=C(OCC(O)CO)c1ccco1. The molecule has 5 nitrogen and oxygen atoms in total. The largest absolute Gasteiger partial charge is 0.457 e. The minimum Gasteiger partial charge on any atom is -0.457 e. The van der Waals surface area contributed by atoms with Gasteiger partial charge >= 0.3 is 5.97 Å². The van der Waals surface area contributed by atoms with Gasteiger partial charge in [-0.2, -0.15) is 0 Å². The zero-order valence-corrected chi connectivity index (χ0v) is 6.84. The summed E-state index contributed by atoms with van der Waals surface area (Å²) in [7, 11) is 0. The predicted molar refractivity (Wildman–Crippen MR) is 42.1 cm³/mol. The van der Waals surface area contributed by atoms with Gasteiger partial charge in [0, 0.05) is 0 Å². The molecule has 0 radical (unpaired) electrons. The normalized spacial score (nSPS) is 12.5. The molecule has 1 atom stereocenters. The topological polar surface area (TPSA) is 79.9 Å². The highest BCUT2D eigenvalue weighted by Crippen LogP contribution is 2.02. The molecular weight excluding hydrogens is 176 g/mol. The fourth-order valence-electron chi connectivity index (χ4n) is 0.690. The molecule has 5 heteroatoms. The first-order chi connectivity index (χ1) is 6.24. The zero-order chi connectivity index (χ0) is 9.68. The molecule has 0 aliphatic carbocycles. The fourth-order valence-corrected chi connectivity index (χ4v) is 0.690. The molecule has 0 fully saturated rings. The summed E-state index contributed by atoms with van der Waals surface area (Å²) < 4.78 is 9.34. The van der Waals surface area contributed by atoms with Crippen LogP contribution in [0.3, 0.4) is 0 Å². The Morgan fingerprint density at radius 1 is 1.69 bits per heavy atom. The van der Waals surface area contributed by atoms with Crippen LogP contribution in [0.4, 0.5) is 0 Å². The Labute approximate surface area is 74.5 Å². The van der Waals surface area contributed by atoms with Gasteiger partial charge in [-0.1, -0.05) is 0 Å². The van der Waals surface area contributed by atoms with Crippen LogP contribution < -0.4 is 0 Å². The summed E-state index contributed by atoms with van der Waals surface area (Å²) in [5.41, 5.74) is 0. The van der Waals surface area contributed by atoms with E-state index < -0.39 is 18.7 Å². The molecule has 1 aromatic heterocycles. The molecule has 1 unspecified atom stereocenters. The molecule has 0 aliphatic heterocycles. The Hall–Kier alpha value is -1.33. The predicted octanol–water partition coefficient (Wildman–Crippen LogP) is -0.210. The van der Waals surface area contributed by atoms with Crippen LogP contribution in [0.25, 0.3) is 0 Å². The van der Waals surface area contributed by atoms with Gasteiger partial charge in [-0.25, -0.2) is 4.79 Å². The van der Waals surface area contributed by atoms with Crippen LogP contribution in [0.1, 0.15) is 10.6 Å². The molecular formula is C8H10O5. The second-order valence-corrected chi connectivity index (χ2v) is 2.41. The Morgan fingerprint density at radius 2 is 2.46 bits per heavy atom. The minimum atomic E-state index is -1.04. The molecule has 0 amide bonds. The van der Waals surface area contributed by atoms with Gasteiger partial charge in [0.2, 0.25) is 5.76 Å². The number of furan rings is 1. The van der Waals surface area contributed by atoms with Crippen molar-refractivity contribution in [2.24, 2.45) is 0 Å². The Kier molecular flexibility index (Phi) is 3.48. The third-order valence-corrected chi connectivity index (χ3v) is 1.34. The number of hydrogen-bond donors (Lipinski definition) is 2. The highest BCUT2D eigenvalue weighted by molar-refractivity contribution is 5.86. The molecule has 1 heterocycles. The van der Waals surface area contributed by atoms with E-state index in [1.807, 2.05) is 0 Å². The van der Waals surface area contributed by atoms with E-state index in [4.69, 9.17) is 14.6 Å². The van der Waals surface area contributed by atoms with Crippen molar-refractivity contribution in [1.82, 2.24) is 0 Å². The first kappa shape index (κ1) is 9.76. The van der Waals surface area contributed by atoms with Gasteiger partial charge in [0.25, 0.3) is 0 Å². The molecule has 2 N–H and O–H groups in total. The first-order valence-corrected chi connectivity index (χ1v) is 3.73. The summed E-state index contributed by atoms with van der Waals surface area (Å²) in [6.45, 7) is -0.679. The Balaban J connectivity index is 2.35. The monoisotopic (exact) mass is 186 g/mol. The number of ether oxygens (including phenoxy) is 1. The van der Waals surface area contributed by atoms with Crippen molar-refractivity contribution < 1.29 is 24.2 Å². The number of carbonyl (C=O) groups is 1. The van der Waals surface area contributed by atoms with E-state index in [1.165, 1.54) is 12.3 Å². The molecule has 1 rings (SSSR count). The Morgan fingerprint density at radius 3 is 3.00 bits per heavy atom. The standard InChI is InChI=1S/C8H10O5/c9-4-6(10)5-13-8(11)7-2-1-3-12-7/h1-3,6,9-10H,4-5H2. The second kappa shape index (κ2) is 4.64. The van der Waals surface area contributed by atoms with Crippen LogP contribution in [0.5, 0.6) is 0 Å². The van der Waals surface area contributed by atoms with Crippen molar-refractivity contribution in [2.45, 2.75) is 6.10 Å². The van der Waals surface area contributed by atoms with Gasteiger partial charge in [0.1, 0.15) is 12.7 Å². The summed E-state index contributed by atoms with van der Waals surface area (Å²) in [6, 6.07) is 3.01. The number of aliphatic hydroxyl groups is 2. The molecule has 13 heavy (non-hydrogen) atoms. The van der Waals surface area contributed by atoms with Gasteiger partial charge in [-0.05, 0) is 12.1 Å². The Bertz CT molecular complexity index is 254. The van der Waals surface area contributed by atoms with E-state index in [9.17, 15) is 4.79 Å². The zero-order valence-electron chi connectivity index (χ0n) is 6.84. The number of hydrogen-bond acceptors (Lipinski definition) is 5. The van der Waals surface area contributed by atoms with Crippen molar-refractivity contribution in [3.8, 4) is 0 Å². The highest BCUT2D eigenvalue weighted by atomic mass is 16.6. The second-order valence-electron chi connectivity index (χ2n) is 2.41. The van der Waals surface area contributed by atoms with Gasteiger partial charge in [-0.15, -0.1) is 0 Å². The maximum absolute atomic E-state index is 11.0. The number of esters is 1. The lowest BCUT2D eigenvalue weighted by Crippen LogP contribution is -2.21. The lowest BCUT2D eigenvalue weighted by molar-refractivity contribution is 0.00707. The first-order valence-electron chi connectivity index (χ1n) is 3.73. The van der Waals surface area contributed by atoms with Crippen molar-refractivity contribution >= 4 is 5.97 Å². The van der Waals surface area contributed by atoms with E-state index in [1.54, 1.807) is 6.07 Å². The van der Waals surface area contributed by atoms with Crippen LogP contribution in [-0.2, 0) is 4.74 Å². The summed E-state index contributed by atoms with van der Waals surface area (Å²) in [4.78, 5) is 11.0. The van der Waals surface area contributed by atoms with E-state index in [0.717, 1.165) is 0 Å². The molecule has 0 saturated carbocycles.